The molecule has 3 nitrogen and oxygen atoms in total. The average Bonchev–Trinajstić information content (AvgIpc) is 2.41. The van der Waals surface area contributed by atoms with Crippen LogP contribution in [0, 0.1) is 5.82 Å². The van der Waals surface area contributed by atoms with E-state index < -0.39 is 5.82 Å². The van der Waals surface area contributed by atoms with Crippen LogP contribution in [0.5, 0.6) is 5.75 Å². The van der Waals surface area contributed by atoms with Crippen LogP contribution in [0.4, 0.5) is 4.39 Å². The molecule has 1 aromatic heterocycles. The van der Waals surface area contributed by atoms with Crippen LogP contribution in [0.1, 0.15) is 11.3 Å². The molecular formula is C13H12ClFN2O. The quantitative estimate of drug-likeness (QED) is 0.926. The van der Waals surface area contributed by atoms with E-state index in [0.717, 1.165) is 5.69 Å². The number of ether oxygens (including phenoxy) is 1. The van der Waals surface area contributed by atoms with E-state index in [1.807, 2.05) is 0 Å². The largest absolute Gasteiger partial charge is 0.487 e. The highest BCUT2D eigenvalue weighted by Gasteiger charge is 2.02. The zero-order valence-corrected chi connectivity index (χ0v) is 10.3. The van der Waals surface area contributed by atoms with Gasteiger partial charge in [-0.3, -0.25) is 4.98 Å². The molecule has 2 N–H and O–H groups in total. The van der Waals surface area contributed by atoms with Crippen molar-refractivity contribution >= 4 is 11.6 Å². The third-order valence-electron chi connectivity index (χ3n) is 2.40. The summed E-state index contributed by atoms with van der Waals surface area (Å²) >= 11 is 5.59. The van der Waals surface area contributed by atoms with Crippen molar-refractivity contribution in [3.8, 4) is 5.75 Å². The summed E-state index contributed by atoms with van der Waals surface area (Å²) in [4.78, 5) is 4.10. The molecule has 0 atom stereocenters. The second-order valence-corrected chi connectivity index (χ2v) is 4.13. The molecule has 0 aliphatic heterocycles. The molecule has 0 saturated carbocycles. The summed E-state index contributed by atoms with van der Waals surface area (Å²) in [5, 5.41) is 0.104. The first-order valence-electron chi connectivity index (χ1n) is 5.41. The Morgan fingerprint density at radius 3 is 2.72 bits per heavy atom. The van der Waals surface area contributed by atoms with Gasteiger partial charge in [-0.05, 0) is 29.8 Å². The molecule has 0 fully saturated rings. The Balaban J connectivity index is 1.99. The maximum atomic E-state index is 13.2. The summed E-state index contributed by atoms with van der Waals surface area (Å²) in [6, 6.07) is 8.14. The minimum absolute atomic E-state index is 0.104. The first kappa shape index (κ1) is 12.8. The fourth-order valence-electron chi connectivity index (χ4n) is 1.41. The fourth-order valence-corrected chi connectivity index (χ4v) is 1.53. The van der Waals surface area contributed by atoms with E-state index in [1.165, 1.54) is 12.1 Å². The lowest BCUT2D eigenvalue weighted by molar-refractivity contribution is 0.304. The number of nitrogens with zero attached hydrogens (tertiary/aromatic N) is 1. The Labute approximate surface area is 109 Å². The second-order valence-electron chi connectivity index (χ2n) is 3.73. The van der Waals surface area contributed by atoms with Crippen LogP contribution < -0.4 is 10.5 Å². The molecule has 94 valence electrons. The minimum atomic E-state index is -0.450. The number of nitrogens with two attached hydrogens (primary N) is 1. The lowest BCUT2D eigenvalue weighted by Crippen LogP contribution is -2.00. The zero-order valence-electron chi connectivity index (χ0n) is 9.57. The van der Waals surface area contributed by atoms with E-state index in [0.29, 0.717) is 17.9 Å². The monoisotopic (exact) mass is 266 g/mol. The molecule has 1 heterocycles. The molecular weight excluding hydrogens is 255 g/mol. The molecule has 2 aromatic rings. The number of hydrogen-bond acceptors (Lipinski definition) is 3. The maximum Gasteiger partial charge on any atom is 0.142 e. The summed E-state index contributed by atoms with van der Waals surface area (Å²) < 4.78 is 18.7. The van der Waals surface area contributed by atoms with E-state index in [-0.39, 0.29) is 11.6 Å². The number of benzene rings is 1. The Kier molecular flexibility index (Phi) is 4.12. The molecule has 0 bridgehead atoms. The zero-order chi connectivity index (χ0) is 13.0. The van der Waals surface area contributed by atoms with Crippen molar-refractivity contribution in [3.05, 3.63) is 58.6 Å². The number of pyridine rings is 1. The minimum Gasteiger partial charge on any atom is -0.487 e. The van der Waals surface area contributed by atoms with Crippen LogP contribution in [-0.4, -0.2) is 4.98 Å². The lowest BCUT2D eigenvalue weighted by atomic mass is 10.2. The molecule has 0 saturated heterocycles. The Hall–Kier alpha value is -1.65. The second kappa shape index (κ2) is 5.80. The van der Waals surface area contributed by atoms with Crippen LogP contribution in [0.2, 0.25) is 5.02 Å². The van der Waals surface area contributed by atoms with Gasteiger partial charge in [0.2, 0.25) is 0 Å². The van der Waals surface area contributed by atoms with Gasteiger partial charge < -0.3 is 10.5 Å². The van der Waals surface area contributed by atoms with Crippen molar-refractivity contribution in [2.75, 3.05) is 0 Å². The SMILES string of the molecule is NCc1ccc(OCc2ccc(Cl)c(F)c2)cn1. The normalized spacial score (nSPS) is 10.4. The van der Waals surface area contributed by atoms with Gasteiger partial charge in [-0.25, -0.2) is 4.39 Å². The first-order valence-corrected chi connectivity index (χ1v) is 5.78. The van der Waals surface area contributed by atoms with E-state index in [4.69, 9.17) is 22.1 Å². The molecule has 0 spiro atoms. The summed E-state index contributed by atoms with van der Waals surface area (Å²) in [6.45, 7) is 0.653. The Morgan fingerprint density at radius 2 is 2.11 bits per heavy atom. The van der Waals surface area contributed by atoms with Gasteiger partial charge in [0, 0.05) is 6.54 Å². The molecule has 1 aromatic carbocycles. The maximum absolute atomic E-state index is 13.2. The van der Waals surface area contributed by atoms with Gasteiger partial charge in [-0.2, -0.15) is 0 Å². The topological polar surface area (TPSA) is 48.1 Å². The predicted octanol–water partition coefficient (Wildman–Crippen LogP) is 2.91. The molecule has 0 aliphatic rings. The number of hydrogen-bond donors (Lipinski definition) is 1. The van der Waals surface area contributed by atoms with Gasteiger partial charge in [0.05, 0.1) is 16.9 Å². The van der Waals surface area contributed by atoms with Crippen molar-refractivity contribution in [1.29, 1.82) is 0 Å². The van der Waals surface area contributed by atoms with Gasteiger partial charge in [-0.1, -0.05) is 17.7 Å². The standard InChI is InChI=1S/C13H12ClFN2O/c14-12-4-1-9(5-13(12)15)8-18-11-3-2-10(6-16)17-7-11/h1-5,7H,6,8,16H2. The Bertz CT molecular complexity index is 531. The van der Waals surface area contributed by atoms with Crippen molar-refractivity contribution < 1.29 is 9.13 Å². The van der Waals surface area contributed by atoms with Crippen LogP contribution in [0.25, 0.3) is 0 Å². The average molecular weight is 267 g/mol. The third kappa shape index (κ3) is 3.18. The highest BCUT2D eigenvalue weighted by Crippen LogP contribution is 2.17. The molecule has 18 heavy (non-hydrogen) atoms. The van der Waals surface area contributed by atoms with Gasteiger partial charge in [0.1, 0.15) is 18.2 Å². The van der Waals surface area contributed by atoms with Crippen molar-refractivity contribution in [3.63, 3.8) is 0 Å². The summed E-state index contributed by atoms with van der Waals surface area (Å²) in [5.41, 5.74) is 6.94. The summed E-state index contributed by atoms with van der Waals surface area (Å²) in [6.07, 6.45) is 1.59. The van der Waals surface area contributed by atoms with Crippen molar-refractivity contribution in [1.82, 2.24) is 4.98 Å². The van der Waals surface area contributed by atoms with Gasteiger partial charge in [0.25, 0.3) is 0 Å². The predicted molar refractivity (Wildman–Crippen MR) is 67.9 cm³/mol. The lowest BCUT2D eigenvalue weighted by Gasteiger charge is -2.07. The van der Waals surface area contributed by atoms with Crippen LogP contribution >= 0.6 is 11.6 Å². The van der Waals surface area contributed by atoms with Crippen LogP contribution in [0.15, 0.2) is 36.5 Å². The van der Waals surface area contributed by atoms with E-state index in [1.54, 1.807) is 24.4 Å². The molecule has 2 rings (SSSR count). The third-order valence-corrected chi connectivity index (χ3v) is 2.70. The Morgan fingerprint density at radius 1 is 1.28 bits per heavy atom. The molecule has 0 amide bonds. The van der Waals surface area contributed by atoms with Crippen LogP contribution in [0.3, 0.4) is 0 Å². The molecule has 0 aliphatic carbocycles. The molecule has 5 heteroatoms. The fraction of sp³-hybridized carbons (Fsp3) is 0.154. The van der Waals surface area contributed by atoms with E-state index >= 15 is 0 Å². The summed E-state index contributed by atoms with van der Waals surface area (Å²) in [7, 11) is 0. The number of rotatable bonds is 4. The smallest absolute Gasteiger partial charge is 0.142 e. The van der Waals surface area contributed by atoms with E-state index in [9.17, 15) is 4.39 Å². The summed E-state index contributed by atoms with van der Waals surface area (Å²) in [5.74, 6) is 0.164. The highest BCUT2D eigenvalue weighted by molar-refractivity contribution is 6.30. The van der Waals surface area contributed by atoms with Crippen molar-refractivity contribution in [2.24, 2.45) is 5.73 Å². The number of aromatic nitrogens is 1. The van der Waals surface area contributed by atoms with E-state index in [2.05, 4.69) is 4.98 Å². The molecule has 0 radical (unpaired) electrons. The van der Waals surface area contributed by atoms with Gasteiger partial charge >= 0.3 is 0 Å². The molecule has 0 unspecified atom stereocenters. The van der Waals surface area contributed by atoms with Gasteiger partial charge in [-0.15, -0.1) is 0 Å². The van der Waals surface area contributed by atoms with Crippen molar-refractivity contribution in [2.45, 2.75) is 13.2 Å². The number of halogens is 2. The highest BCUT2D eigenvalue weighted by atomic mass is 35.5. The first-order chi connectivity index (χ1) is 8.69. The van der Waals surface area contributed by atoms with Crippen LogP contribution in [-0.2, 0) is 13.2 Å². The van der Waals surface area contributed by atoms with Gasteiger partial charge in [0.15, 0.2) is 0 Å².